The number of nitrogens with one attached hydrogen (secondary N) is 1. The van der Waals surface area contributed by atoms with E-state index in [0.29, 0.717) is 25.3 Å². The largest absolute Gasteiger partial charge is 0.497 e. The van der Waals surface area contributed by atoms with Crippen LogP contribution in [0.3, 0.4) is 0 Å². The number of ether oxygens (including phenoxy) is 2. The van der Waals surface area contributed by atoms with Crippen LogP contribution in [0, 0.1) is 0 Å². The van der Waals surface area contributed by atoms with Gasteiger partial charge in [-0.25, -0.2) is 4.79 Å². The van der Waals surface area contributed by atoms with Crippen LogP contribution in [0.15, 0.2) is 24.3 Å². The molecule has 0 atom stereocenters. The van der Waals surface area contributed by atoms with E-state index < -0.39 is 5.97 Å². The summed E-state index contributed by atoms with van der Waals surface area (Å²) in [6.45, 7) is 1.11. The summed E-state index contributed by atoms with van der Waals surface area (Å²) in [5, 5.41) is 11.3. The van der Waals surface area contributed by atoms with Crippen LogP contribution in [0.5, 0.6) is 11.5 Å². The zero-order chi connectivity index (χ0) is 16.4. The average molecular weight is 310 g/mol. The van der Waals surface area contributed by atoms with Crippen LogP contribution in [0.4, 0.5) is 4.79 Å². The number of benzene rings is 1. The molecule has 0 unspecified atom stereocenters. The Labute approximate surface area is 129 Å². The van der Waals surface area contributed by atoms with Crippen LogP contribution in [-0.2, 0) is 4.79 Å². The highest BCUT2D eigenvalue weighted by molar-refractivity contribution is 5.74. The van der Waals surface area contributed by atoms with E-state index in [0.717, 1.165) is 5.75 Å². The highest BCUT2D eigenvalue weighted by atomic mass is 16.5. The van der Waals surface area contributed by atoms with Crippen LogP contribution >= 0.6 is 0 Å². The van der Waals surface area contributed by atoms with E-state index >= 15 is 0 Å². The van der Waals surface area contributed by atoms with E-state index in [1.807, 2.05) is 18.2 Å². The first-order chi connectivity index (χ1) is 10.5. The number of carboxylic acids is 1. The van der Waals surface area contributed by atoms with Gasteiger partial charge in [0.15, 0.2) is 0 Å². The fourth-order valence-corrected chi connectivity index (χ4v) is 1.65. The highest BCUT2D eigenvalue weighted by Crippen LogP contribution is 2.18. The van der Waals surface area contributed by atoms with Crippen molar-refractivity contribution in [3.05, 3.63) is 24.3 Å². The summed E-state index contributed by atoms with van der Waals surface area (Å²) in [6, 6.07) is 7.01. The van der Waals surface area contributed by atoms with Crippen molar-refractivity contribution in [3.63, 3.8) is 0 Å². The molecule has 0 heterocycles. The summed E-state index contributed by atoms with van der Waals surface area (Å²) in [7, 11) is 3.15. The topological polar surface area (TPSA) is 88.1 Å². The Morgan fingerprint density at radius 2 is 2.05 bits per heavy atom. The minimum Gasteiger partial charge on any atom is -0.497 e. The lowest BCUT2D eigenvalue weighted by Crippen LogP contribution is -2.39. The molecule has 0 saturated carbocycles. The summed E-state index contributed by atoms with van der Waals surface area (Å²) < 4.78 is 10.6. The number of methoxy groups -OCH3 is 1. The molecule has 0 aliphatic rings. The second-order valence-electron chi connectivity index (χ2n) is 4.68. The van der Waals surface area contributed by atoms with Gasteiger partial charge < -0.3 is 24.8 Å². The molecule has 0 saturated heterocycles. The molecule has 0 fully saturated rings. The average Bonchev–Trinajstić information content (AvgIpc) is 2.52. The lowest BCUT2D eigenvalue weighted by atomic mass is 10.3. The number of carboxylic acid groups (broad SMARTS) is 1. The minimum absolute atomic E-state index is 0.0666. The molecule has 0 aromatic heterocycles. The van der Waals surface area contributed by atoms with E-state index in [4.69, 9.17) is 14.6 Å². The van der Waals surface area contributed by atoms with Gasteiger partial charge in [0, 0.05) is 26.2 Å². The molecule has 1 aromatic carbocycles. The van der Waals surface area contributed by atoms with Crippen molar-refractivity contribution >= 4 is 12.0 Å². The molecule has 2 N–H and O–H groups in total. The van der Waals surface area contributed by atoms with Crippen molar-refractivity contribution in [2.45, 2.75) is 12.8 Å². The molecule has 0 aliphatic carbocycles. The molecule has 22 heavy (non-hydrogen) atoms. The van der Waals surface area contributed by atoms with Crippen LogP contribution in [-0.4, -0.2) is 55.9 Å². The van der Waals surface area contributed by atoms with Gasteiger partial charge in [-0.05, 0) is 18.6 Å². The number of nitrogens with zero attached hydrogens (tertiary/aromatic N) is 1. The second-order valence-corrected chi connectivity index (χ2v) is 4.68. The van der Waals surface area contributed by atoms with Crippen molar-refractivity contribution in [2.24, 2.45) is 0 Å². The van der Waals surface area contributed by atoms with Crippen LogP contribution in [0.2, 0.25) is 0 Å². The zero-order valence-corrected chi connectivity index (χ0v) is 12.9. The van der Waals surface area contributed by atoms with Crippen LogP contribution in [0.1, 0.15) is 12.8 Å². The first kappa shape index (κ1) is 17.6. The van der Waals surface area contributed by atoms with Gasteiger partial charge in [0.1, 0.15) is 11.5 Å². The Kier molecular flexibility index (Phi) is 7.60. The summed E-state index contributed by atoms with van der Waals surface area (Å²) >= 11 is 0. The van der Waals surface area contributed by atoms with Gasteiger partial charge in [0.05, 0.1) is 20.1 Å². The van der Waals surface area contributed by atoms with Gasteiger partial charge in [-0.2, -0.15) is 0 Å². The maximum atomic E-state index is 11.6. The third-order valence-electron chi connectivity index (χ3n) is 2.92. The number of aliphatic carboxylic acids is 1. The molecule has 0 spiro atoms. The van der Waals surface area contributed by atoms with Crippen LogP contribution < -0.4 is 14.8 Å². The standard InChI is InChI=1S/C15H22N2O5/c1-17(9-7-14(18)19)15(20)16-8-4-10-22-13-6-3-5-12(11-13)21-2/h3,5-6,11H,4,7-10H2,1-2H3,(H,16,20)(H,18,19). The molecule has 122 valence electrons. The Morgan fingerprint density at radius 3 is 2.73 bits per heavy atom. The van der Waals surface area contributed by atoms with E-state index in [2.05, 4.69) is 5.32 Å². The van der Waals surface area contributed by atoms with Gasteiger partial charge >= 0.3 is 12.0 Å². The number of amides is 2. The zero-order valence-electron chi connectivity index (χ0n) is 12.9. The number of hydrogen-bond acceptors (Lipinski definition) is 4. The Balaban J connectivity index is 2.16. The molecule has 0 aliphatic heterocycles. The van der Waals surface area contributed by atoms with Crippen molar-refractivity contribution in [1.82, 2.24) is 10.2 Å². The SMILES string of the molecule is COc1cccc(OCCCNC(=O)N(C)CCC(=O)O)c1. The van der Waals surface area contributed by atoms with Crippen LogP contribution in [0.25, 0.3) is 0 Å². The number of rotatable bonds is 9. The first-order valence-electron chi connectivity index (χ1n) is 7.00. The molecule has 0 bridgehead atoms. The monoisotopic (exact) mass is 310 g/mol. The Morgan fingerprint density at radius 1 is 1.32 bits per heavy atom. The van der Waals surface area contributed by atoms with E-state index in [-0.39, 0.29) is 19.0 Å². The lowest BCUT2D eigenvalue weighted by Gasteiger charge is -2.16. The highest BCUT2D eigenvalue weighted by Gasteiger charge is 2.09. The van der Waals surface area contributed by atoms with Gasteiger partial charge in [-0.1, -0.05) is 6.07 Å². The van der Waals surface area contributed by atoms with E-state index in [9.17, 15) is 9.59 Å². The number of carbonyl (C=O) groups excluding carboxylic acids is 1. The third kappa shape index (κ3) is 6.83. The van der Waals surface area contributed by atoms with Crippen molar-refractivity contribution in [1.29, 1.82) is 0 Å². The maximum Gasteiger partial charge on any atom is 0.317 e. The molecular formula is C15H22N2O5. The molecular weight excluding hydrogens is 288 g/mol. The summed E-state index contributed by atoms with van der Waals surface area (Å²) in [4.78, 5) is 23.4. The molecule has 1 aromatic rings. The van der Waals surface area contributed by atoms with Gasteiger partial charge in [-0.15, -0.1) is 0 Å². The molecule has 2 amide bonds. The molecule has 7 heteroatoms. The van der Waals surface area contributed by atoms with Gasteiger partial charge in [0.2, 0.25) is 0 Å². The Hall–Kier alpha value is -2.44. The molecule has 7 nitrogen and oxygen atoms in total. The number of urea groups is 1. The summed E-state index contributed by atoms with van der Waals surface area (Å²) in [5.41, 5.74) is 0. The van der Waals surface area contributed by atoms with E-state index in [1.54, 1.807) is 20.2 Å². The maximum absolute atomic E-state index is 11.6. The van der Waals surface area contributed by atoms with Crippen molar-refractivity contribution in [2.75, 3.05) is 33.9 Å². The predicted octanol–water partition coefficient (Wildman–Crippen LogP) is 1.58. The predicted molar refractivity (Wildman–Crippen MR) is 81.4 cm³/mol. The number of carbonyl (C=O) groups is 2. The molecule has 0 radical (unpaired) electrons. The third-order valence-corrected chi connectivity index (χ3v) is 2.92. The van der Waals surface area contributed by atoms with Gasteiger partial charge in [-0.3, -0.25) is 4.79 Å². The quantitative estimate of drug-likeness (QED) is 0.676. The fourth-order valence-electron chi connectivity index (χ4n) is 1.65. The summed E-state index contributed by atoms with van der Waals surface area (Å²) in [5.74, 6) is 0.515. The fraction of sp³-hybridized carbons (Fsp3) is 0.467. The van der Waals surface area contributed by atoms with E-state index in [1.165, 1.54) is 4.90 Å². The van der Waals surface area contributed by atoms with Crippen molar-refractivity contribution in [3.8, 4) is 11.5 Å². The summed E-state index contributed by atoms with van der Waals surface area (Å²) in [6.07, 6.45) is 0.582. The smallest absolute Gasteiger partial charge is 0.317 e. The van der Waals surface area contributed by atoms with Crippen molar-refractivity contribution < 1.29 is 24.2 Å². The minimum atomic E-state index is -0.925. The molecule has 1 rings (SSSR count). The Bertz CT molecular complexity index is 493. The lowest BCUT2D eigenvalue weighted by molar-refractivity contribution is -0.137. The van der Waals surface area contributed by atoms with Gasteiger partial charge in [0.25, 0.3) is 0 Å². The normalized spacial score (nSPS) is 9.91. The second kappa shape index (κ2) is 9.49. The number of hydrogen-bond donors (Lipinski definition) is 2. The first-order valence-corrected chi connectivity index (χ1v) is 7.00.